The SMILES string of the molecule is NS(=O)(=NC(=O)Nc1c2c(nc3c1CCC3)CCC2)c1cnn2c1OCC2. The number of nitrogens with two attached hydrogens (primary N) is 1. The Hall–Kier alpha value is -2.46. The van der Waals surface area contributed by atoms with Gasteiger partial charge in [0.1, 0.15) is 11.5 Å². The first kappa shape index (κ1) is 16.7. The molecule has 3 heterocycles. The molecule has 1 aliphatic heterocycles. The number of anilines is 1. The summed E-state index contributed by atoms with van der Waals surface area (Å²) in [6, 6.07) is -0.713. The molecular weight excluding hydrogens is 368 g/mol. The molecule has 2 aromatic rings. The van der Waals surface area contributed by atoms with Crippen LogP contribution in [0, 0.1) is 0 Å². The maximum absolute atomic E-state index is 12.9. The van der Waals surface area contributed by atoms with Crippen molar-refractivity contribution in [1.82, 2.24) is 14.8 Å². The van der Waals surface area contributed by atoms with Crippen LogP contribution in [0.1, 0.15) is 35.4 Å². The number of hydrogen-bond acceptors (Lipinski definition) is 5. The summed E-state index contributed by atoms with van der Waals surface area (Å²) >= 11 is 0. The number of hydrogen-bond donors (Lipinski definition) is 2. The fourth-order valence-corrected chi connectivity index (χ4v) is 5.13. The number of aryl methyl sites for hydroxylation is 2. The Morgan fingerprint density at radius 1 is 1.22 bits per heavy atom. The molecule has 0 radical (unpaired) electrons. The molecule has 142 valence electrons. The van der Waals surface area contributed by atoms with Gasteiger partial charge in [0.2, 0.25) is 5.88 Å². The Labute approximate surface area is 156 Å². The van der Waals surface area contributed by atoms with E-state index in [9.17, 15) is 9.00 Å². The third kappa shape index (κ3) is 2.71. The van der Waals surface area contributed by atoms with E-state index in [1.54, 1.807) is 4.68 Å². The third-order valence-electron chi connectivity index (χ3n) is 5.32. The Kier molecular flexibility index (Phi) is 3.73. The van der Waals surface area contributed by atoms with Crippen molar-refractivity contribution in [2.45, 2.75) is 50.0 Å². The molecule has 9 nitrogen and oxygen atoms in total. The van der Waals surface area contributed by atoms with Crippen LogP contribution in [-0.4, -0.2) is 31.6 Å². The van der Waals surface area contributed by atoms with E-state index in [1.165, 1.54) is 6.20 Å². The molecule has 0 saturated heterocycles. The van der Waals surface area contributed by atoms with Crippen LogP contribution in [0.2, 0.25) is 0 Å². The van der Waals surface area contributed by atoms with Crippen LogP contribution >= 0.6 is 0 Å². The number of pyridine rings is 1. The number of carbonyl (C=O) groups excluding carboxylic acids is 1. The maximum Gasteiger partial charge on any atom is 0.354 e. The van der Waals surface area contributed by atoms with Gasteiger partial charge in [-0.25, -0.2) is 18.8 Å². The molecule has 2 aliphatic carbocycles. The molecule has 0 fully saturated rings. The van der Waals surface area contributed by atoms with E-state index in [0.717, 1.165) is 66.7 Å². The molecule has 1 unspecified atom stereocenters. The van der Waals surface area contributed by atoms with Crippen molar-refractivity contribution in [3.63, 3.8) is 0 Å². The van der Waals surface area contributed by atoms with E-state index < -0.39 is 15.9 Å². The van der Waals surface area contributed by atoms with Gasteiger partial charge in [0, 0.05) is 11.4 Å². The number of amides is 2. The predicted octanol–water partition coefficient (Wildman–Crippen LogP) is 1.58. The minimum atomic E-state index is -3.45. The van der Waals surface area contributed by atoms with Gasteiger partial charge in [-0.3, -0.25) is 4.98 Å². The first-order valence-electron chi connectivity index (χ1n) is 9.11. The number of nitrogens with one attached hydrogen (secondary N) is 1. The lowest BCUT2D eigenvalue weighted by atomic mass is 10.1. The molecule has 3 N–H and O–H groups in total. The summed E-state index contributed by atoms with van der Waals surface area (Å²) in [4.78, 5) is 17.5. The molecule has 0 bridgehead atoms. The highest BCUT2D eigenvalue weighted by molar-refractivity contribution is 7.91. The van der Waals surface area contributed by atoms with Gasteiger partial charge in [-0.05, 0) is 49.7 Å². The third-order valence-corrected chi connectivity index (χ3v) is 6.67. The lowest BCUT2D eigenvalue weighted by Gasteiger charge is -2.14. The first-order chi connectivity index (χ1) is 13.0. The normalized spacial score (nSPS) is 19.0. The molecule has 0 saturated carbocycles. The Morgan fingerprint density at radius 3 is 2.63 bits per heavy atom. The number of fused-ring (bicyclic) bond motifs is 3. The summed E-state index contributed by atoms with van der Waals surface area (Å²) < 4.78 is 23.6. The average Bonchev–Trinajstić information content (AvgIpc) is 3.37. The van der Waals surface area contributed by atoms with Crippen molar-refractivity contribution >= 4 is 21.6 Å². The van der Waals surface area contributed by atoms with Crippen LogP contribution in [0.4, 0.5) is 10.5 Å². The molecule has 10 heteroatoms. The van der Waals surface area contributed by atoms with Crippen molar-refractivity contribution in [3.8, 4) is 5.88 Å². The smallest absolute Gasteiger partial charge is 0.354 e. The Balaban J connectivity index is 1.50. The van der Waals surface area contributed by atoms with Crippen molar-refractivity contribution in [3.05, 3.63) is 28.7 Å². The second-order valence-electron chi connectivity index (χ2n) is 7.02. The molecule has 3 aliphatic rings. The zero-order valence-electron chi connectivity index (χ0n) is 14.7. The second kappa shape index (κ2) is 6.03. The Bertz CT molecular complexity index is 1050. The van der Waals surface area contributed by atoms with Crippen LogP contribution in [0.5, 0.6) is 5.88 Å². The molecule has 5 rings (SSSR count). The highest BCUT2D eigenvalue weighted by atomic mass is 32.2. The largest absolute Gasteiger partial charge is 0.475 e. The number of aromatic nitrogens is 3. The minimum absolute atomic E-state index is 0.153. The van der Waals surface area contributed by atoms with Crippen molar-refractivity contribution in [2.75, 3.05) is 11.9 Å². The van der Waals surface area contributed by atoms with Gasteiger partial charge in [-0.1, -0.05) is 0 Å². The Morgan fingerprint density at radius 2 is 1.93 bits per heavy atom. The number of urea groups is 1. The molecular formula is C17H20N6O3S. The van der Waals surface area contributed by atoms with E-state index in [2.05, 4.69) is 14.8 Å². The van der Waals surface area contributed by atoms with Gasteiger partial charge >= 0.3 is 6.03 Å². The number of ether oxygens (including phenoxy) is 1. The summed E-state index contributed by atoms with van der Waals surface area (Å²) in [7, 11) is -3.45. The highest BCUT2D eigenvalue weighted by Crippen LogP contribution is 2.36. The van der Waals surface area contributed by atoms with Gasteiger partial charge in [-0.2, -0.15) is 5.10 Å². The van der Waals surface area contributed by atoms with Crippen molar-refractivity contribution in [2.24, 2.45) is 9.50 Å². The fraction of sp³-hybridized carbons (Fsp3) is 0.471. The van der Waals surface area contributed by atoms with Gasteiger partial charge in [0.25, 0.3) is 0 Å². The molecule has 2 amide bonds. The summed E-state index contributed by atoms with van der Waals surface area (Å²) in [6.45, 7) is 1.000. The monoisotopic (exact) mass is 388 g/mol. The topological polar surface area (TPSA) is 124 Å². The van der Waals surface area contributed by atoms with E-state index >= 15 is 0 Å². The first-order valence-corrected chi connectivity index (χ1v) is 10.7. The van der Waals surface area contributed by atoms with Gasteiger partial charge in [0.05, 0.1) is 18.4 Å². The predicted molar refractivity (Wildman–Crippen MR) is 98.1 cm³/mol. The zero-order valence-corrected chi connectivity index (χ0v) is 15.5. The van der Waals surface area contributed by atoms with Gasteiger partial charge in [0.15, 0.2) is 9.92 Å². The summed E-state index contributed by atoms with van der Waals surface area (Å²) in [5, 5.41) is 12.8. The van der Waals surface area contributed by atoms with E-state index in [-0.39, 0.29) is 4.90 Å². The number of carbonyl (C=O) groups is 1. The molecule has 1 atom stereocenters. The molecule has 2 aromatic heterocycles. The fourth-order valence-electron chi connectivity index (χ4n) is 4.13. The standard InChI is InChI=1S/C17H20N6O3S/c18-27(25,14-9-19-23-7-8-26-16(14)23)22-17(24)21-15-10-3-1-5-12(10)20-13-6-2-4-11(13)15/h9H,1-8H2,(H3,18,20,21,22,24,25). The van der Waals surface area contributed by atoms with Crippen LogP contribution in [0.15, 0.2) is 15.5 Å². The number of nitrogens with zero attached hydrogens (tertiary/aromatic N) is 4. The van der Waals surface area contributed by atoms with E-state index in [1.807, 2.05) is 0 Å². The van der Waals surface area contributed by atoms with Crippen LogP contribution < -0.4 is 15.2 Å². The lowest BCUT2D eigenvalue weighted by Crippen LogP contribution is -2.19. The van der Waals surface area contributed by atoms with E-state index in [4.69, 9.17) is 14.9 Å². The molecule has 0 aromatic carbocycles. The second-order valence-corrected chi connectivity index (χ2v) is 8.78. The van der Waals surface area contributed by atoms with Crippen molar-refractivity contribution < 1.29 is 13.7 Å². The highest BCUT2D eigenvalue weighted by Gasteiger charge is 2.28. The average molecular weight is 388 g/mol. The summed E-state index contributed by atoms with van der Waals surface area (Å²) in [5.74, 6) is 0.324. The van der Waals surface area contributed by atoms with Gasteiger partial charge in [-0.15, -0.1) is 4.36 Å². The lowest BCUT2D eigenvalue weighted by molar-refractivity contribution is 0.260. The van der Waals surface area contributed by atoms with Crippen LogP contribution in [0.25, 0.3) is 0 Å². The van der Waals surface area contributed by atoms with Crippen LogP contribution in [0.3, 0.4) is 0 Å². The van der Waals surface area contributed by atoms with Gasteiger partial charge < -0.3 is 10.1 Å². The molecule has 0 spiro atoms. The zero-order chi connectivity index (χ0) is 18.6. The summed E-state index contributed by atoms with van der Waals surface area (Å²) in [6.07, 6.45) is 7.03. The minimum Gasteiger partial charge on any atom is -0.475 e. The maximum atomic E-state index is 12.9. The van der Waals surface area contributed by atoms with E-state index in [0.29, 0.717) is 19.0 Å². The van der Waals surface area contributed by atoms with Crippen LogP contribution in [-0.2, 0) is 42.1 Å². The molecule has 27 heavy (non-hydrogen) atoms. The number of rotatable bonds is 2. The van der Waals surface area contributed by atoms with Crippen molar-refractivity contribution in [1.29, 1.82) is 0 Å². The summed E-state index contributed by atoms with van der Waals surface area (Å²) in [5.41, 5.74) is 5.07. The quantitative estimate of drug-likeness (QED) is 0.808.